The summed E-state index contributed by atoms with van der Waals surface area (Å²) in [5, 5.41) is 18.4. The third kappa shape index (κ3) is 3.71. The number of imide groups is 1. The number of amides is 2. The van der Waals surface area contributed by atoms with Crippen LogP contribution in [-0.4, -0.2) is 21.6 Å². The van der Waals surface area contributed by atoms with Crippen LogP contribution in [0.25, 0.3) is 17.0 Å². The van der Waals surface area contributed by atoms with E-state index in [-0.39, 0.29) is 22.8 Å². The van der Waals surface area contributed by atoms with Gasteiger partial charge in [0, 0.05) is 17.7 Å². The number of benzene rings is 2. The molecule has 0 spiro atoms. The highest BCUT2D eigenvalue weighted by atomic mass is 16.3. The lowest BCUT2D eigenvalue weighted by atomic mass is 9.98. The van der Waals surface area contributed by atoms with Crippen LogP contribution in [0.3, 0.4) is 0 Å². The molecule has 0 saturated heterocycles. The summed E-state index contributed by atoms with van der Waals surface area (Å²) in [7, 11) is 0. The van der Waals surface area contributed by atoms with E-state index in [1.54, 1.807) is 53.4 Å². The quantitative estimate of drug-likeness (QED) is 0.334. The topological polar surface area (TPSA) is 82.1 Å². The van der Waals surface area contributed by atoms with Gasteiger partial charge in [0.2, 0.25) is 0 Å². The molecule has 2 aromatic heterocycles. The molecule has 174 valence electrons. The zero-order chi connectivity index (χ0) is 24.7. The molecule has 2 aromatic carbocycles. The molecule has 1 aliphatic heterocycles. The number of hydrogen-bond donors (Lipinski definition) is 0. The molecule has 3 heterocycles. The van der Waals surface area contributed by atoms with E-state index in [9.17, 15) is 14.7 Å². The first-order valence-electron chi connectivity index (χ1n) is 11.4. The van der Waals surface area contributed by atoms with Crippen molar-refractivity contribution in [1.29, 1.82) is 0 Å². The van der Waals surface area contributed by atoms with E-state index in [1.165, 1.54) is 4.68 Å². The molecule has 1 aliphatic rings. The van der Waals surface area contributed by atoms with Gasteiger partial charge in [0.15, 0.2) is 12.4 Å². The van der Waals surface area contributed by atoms with Gasteiger partial charge in [-0.05, 0) is 48.6 Å². The molecule has 0 bridgehead atoms. The lowest BCUT2D eigenvalue weighted by molar-refractivity contribution is -0.576. The highest BCUT2D eigenvalue weighted by Gasteiger charge is 2.47. The van der Waals surface area contributed by atoms with Crippen LogP contribution in [0, 0.1) is 6.92 Å². The Morgan fingerprint density at radius 3 is 1.97 bits per heavy atom. The summed E-state index contributed by atoms with van der Waals surface area (Å²) >= 11 is 0. The van der Waals surface area contributed by atoms with Crippen molar-refractivity contribution in [2.24, 2.45) is 0 Å². The van der Waals surface area contributed by atoms with Crippen LogP contribution < -0.4 is 14.6 Å². The molecule has 0 atom stereocenters. The number of pyridine rings is 1. The molecule has 4 aromatic rings. The zero-order valence-corrected chi connectivity index (χ0v) is 19.7. The zero-order valence-electron chi connectivity index (χ0n) is 19.7. The second-order valence-corrected chi connectivity index (χ2v) is 8.76. The Kier molecular flexibility index (Phi) is 5.53. The minimum Gasteiger partial charge on any atom is -0.858 e. The van der Waals surface area contributed by atoms with Crippen LogP contribution in [0.4, 0.5) is 5.69 Å². The number of hydrogen-bond acceptors (Lipinski definition) is 4. The predicted molar refractivity (Wildman–Crippen MR) is 131 cm³/mol. The second-order valence-electron chi connectivity index (χ2n) is 8.76. The number of para-hydroxylation sites is 2. The van der Waals surface area contributed by atoms with E-state index in [4.69, 9.17) is 0 Å². The lowest BCUT2D eigenvalue weighted by Crippen LogP contribution is -2.39. The number of carbonyl (C=O) groups is 2. The van der Waals surface area contributed by atoms with Crippen LogP contribution in [0.5, 0.6) is 5.88 Å². The first-order valence-corrected chi connectivity index (χ1v) is 11.4. The van der Waals surface area contributed by atoms with Gasteiger partial charge >= 0.3 is 5.91 Å². The molecule has 35 heavy (non-hydrogen) atoms. The number of carbonyl (C=O) groups excluding carboxylic acids is 2. The van der Waals surface area contributed by atoms with Crippen molar-refractivity contribution in [3.05, 3.63) is 102 Å². The number of anilines is 1. The average molecular weight is 465 g/mol. The Morgan fingerprint density at radius 1 is 0.829 bits per heavy atom. The highest BCUT2D eigenvalue weighted by Crippen LogP contribution is 2.40. The van der Waals surface area contributed by atoms with Gasteiger partial charge in [-0.15, -0.1) is 0 Å². The van der Waals surface area contributed by atoms with Crippen molar-refractivity contribution in [1.82, 2.24) is 9.78 Å². The molecular weight excluding hydrogens is 440 g/mol. The molecular formula is C28H24N4O3. The Balaban J connectivity index is 1.80. The van der Waals surface area contributed by atoms with Crippen molar-refractivity contribution in [2.45, 2.75) is 26.7 Å². The number of rotatable bonds is 5. The summed E-state index contributed by atoms with van der Waals surface area (Å²) in [6.07, 6.45) is 3.46. The molecule has 5 rings (SSSR count). The van der Waals surface area contributed by atoms with E-state index < -0.39 is 17.7 Å². The molecule has 0 N–H and O–H groups in total. The van der Waals surface area contributed by atoms with Crippen molar-refractivity contribution < 1.29 is 19.3 Å². The molecule has 0 radical (unpaired) electrons. The first kappa shape index (κ1) is 22.3. The maximum Gasteiger partial charge on any atom is 0.331 e. The summed E-state index contributed by atoms with van der Waals surface area (Å²) in [5.41, 5.74) is 2.85. The van der Waals surface area contributed by atoms with Crippen LogP contribution in [0.2, 0.25) is 0 Å². The lowest BCUT2D eigenvalue weighted by Gasteiger charge is -2.16. The van der Waals surface area contributed by atoms with Gasteiger partial charge in [-0.3, -0.25) is 9.59 Å². The summed E-state index contributed by atoms with van der Waals surface area (Å²) in [6, 6.07) is 21.5. The van der Waals surface area contributed by atoms with Gasteiger partial charge in [0.05, 0.1) is 17.1 Å². The highest BCUT2D eigenvalue weighted by molar-refractivity contribution is 6.53. The Hall–Kier alpha value is -4.52. The van der Waals surface area contributed by atoms with Crippen LogP contribution >= 0.6 is 0 Å². The first-order chi connectivity index (χ1) is 16.9. The maximum absolute atomic E-state index is 13.9. The SMILES string of the molecule is Cc1cc[n+](C2=C(c3c(C(C)C)nn(-c4ccccc4)c3[O-])C(=O)N(c3ccccc3)C2=O)cc1. The Morgan fingerprint density at radius 2 is 1.40 bits per heavy atom. The second kappa shape index (κ2) is 8.68. The van der Waals surface area contributed by atoms with E-state index in [0.717, 1.165) is 10.5 Å². The molecule has 7 nitrogen and oxygen atoms in total. The van der Waals surface area contributed by atoms with E-state index in [1.807, 2.05) is 57.2 Å². The van der Waals surface area contributed by atoms with Gasteiger partial charge in [-0.2, -0.15) is 9.67 Å². The summed E-state index contributed by atoms with van der Waals surface area (Å²) in [6.45, 7) is 5.76. The summed E-state index contributed by atoms with van der Waals surface area (Å²) in [4.78, 5) is 28.8. The minimum absolute atomic E-state index is 0.0589. The largest absolute Gasteiger partial charge is 0.858 e. The Bertz CT molecular complexity index is 1450. The number of nitrogens with zero attached hydrogens (tertiary/aromatic N) is 4. The Labute approximate surface area is 203 Å². The van der Waals surface area contributed by atoms with Gasteiger partial charge in [0.25, 0.3) is 11.6 Å². The number of aryl methyl sites for hydroxylation is 1. The molecule has 0 fully saturated rings. The van der Waals surface area contributed by atoms with Crippen LogP contribution in [0.1, 0.15) is 36.6 Å². The van der Waals surface area contributed by atoms with Gasteiger partial charge in [0.1, 0.15) is 5.57 Å². The maximum atomic E-state index is 13.9. The predicted octanol–water partition coefficient (Wildman–Crippen LogP) is 3.61. The van der Waals surface area contributed by atoms with Crippen molar-refractivity contribution >= 4 is 28.8 Å². The summed E-state index contributed by atoms with van der Waals surface area (Å²) in [5.74, 6) is -1.63. The fourth-order valence-corrected chi connectivity index (χ4v) is 4.25. The third-order valence-electron chi connectivity index (χ3n) is 6.00. The normalized spacial score (nSPS) is 13.9. The minimum atomic E-state index is -0.545. The van der Waals surface area contributed by atoms with Crippen LogP contribution in [-0.2, 0) is 9.59 Å². The van der Waals surface area contributed by atoms with E-state index in [0.29, 0.717) is 17.1 Å². The molecule has 7 heteroatoms. The monoisotopic (exact) mass is 464 g/mol. The average Bonchev–Trinajstić information content (AvgIpc) is 3.33. The van der Waals surface area contributed by atoms with E-state index in [2.05, 4.69) is 5.10 Å². The van der Waals surface area contributed by atoms with Gasteiger partial charge in [-0.25, -0.2) is 9.58 Å². The summed E-state index contributed by atoms with van der Waals surface area (Å²) < 4.78 is 2.91. The van der Waals surface area contributed by atoms with Crippen molar-refractivity contribution in [3.8, 4) is 11.6 Å². The van der Waals surface area contributed by atoms with Gasteiger partial charge < -0.3 is 5.11 Å². The standard InChI is InChI=1S/C28H24N4O3/c1-18(2)24-22(27(34)32(29-24)21-12-8-5-9-13-21)23-25(30-16-14-19(3)15-17-30)28(35)31(26(23)33)20-10-6-4-7-11-20/h4-18H,1-3H3. The van der Waals surface area contributed by atoms with Gasteiger partial charge in [-0.1, -0.05) is 50.2 Å². The molecule has 0 aliphatic carbocycles. The van der Waals surface area contributed by atoms with E-state index >= 15 is 0 Å². The molecule has 0 unspecified atom stereocenters. The fourth-order valence-electron chi connectivity index (χ4n) is 4.25. The van der Waals surface area contributed by atoms with Crippen molar-refractivity contribution in [2.75, 3.05) is 4.90 Å². The number of aromatic nitrogens is 3. The van der Waals surface area contributed by atoms with Crippen LogP contribution in [0.15, 0.2) is 85.2 Å². The fraction of sp³-hybridized carbons (Fsp3) is 0.143. The molecule has 2 amide bonds. The van der Waals surface area contributed by atoms with Crippen molar-refractivity contribution in [3.63, 3.8) is 0 Å². The smallest absolute Gasteiger partial charge is 0.331 e. The third-order valence-corrected chi connectivity index (χ3v) is 6.00. The molecule has 0 saturated carbocycles.